The van der Waals surface area contributed by atoms with Crippen LogP contribution in [0.3, 0.4) is 0 Å². The summed E-state index contributed by atoms with van der Waals surface area (Å²) in [4.78, 5) is 17.1. The Hall–Kier alpha value is -1.95. The smallest absolute Gasteiger partial charge is 0.254 e. The largest absolute Gasteiger partial charge is 0.508 e. The number of benzene rings is 1. The molecule has 100 valence electrons. The number of nitrogens with zero attached hydrogens (tertiary/aromatic N) is 1. The number of hydrogen-bond donors (Lipinski definition) is 2. The van der Waals surface area contributed by atoms with Crippen LogP contribution in [-0.4, -0.2) is 16.0 Å². The van der Waals surface area contributed by atoms with Crippen molar-refractivity contribution < 1.29 is 14.3 Å². The molecule has 0 spiro atoms. The number of aromatic hydroxyl groups is 1. The lowest BCUT2D eigenvalue weighted by Gasteiger charge is -2.11. The minimum atomic E-state index is -0.750. The molecule has 0 bridgehead atoms. The van der Waals surface area contributed by atoms with Gasteiger partial charge in [-0.15, -0.1) is 11.3 Å². The second-order valence-corrected chi connectivity index (χ2v) is 5.43. The lowest BCUT2D eigenvalue weighted by Crippen LogP contribution is -2.27. The van der Waals surface area contributed by atoms with E-state index in [1.54, 1.807) is 13.1 Å². The maximum atomic E-state index is 13.5. The van der Waals surface area contributed by atoms with E-state index in [0.29, 0.717) is 0 Å². The summed E-state index contributed by atoms with van der Waals surface area (Å²) in [5, 5.41) is 12.5. The highest BCUT2D eigenvalue weighted by molar-refractivity contribution is 7.11. The first-order chi connectivity index (χ1) is 8.97. The van der Waals surface area contributed by atoms with Crippen LogP contribution in [0.4, 0.5) is 4.39 Å². The SMILES string of the molecule is Cc1cnc(C(C)NC(=O)c2ccc(O)cc2F)s1. The van der Waals surface area contributed by atoms with Gasteiger partial charge < -0.3 is 10.4 Å². The summed E-state index contributed by atoms with van der Waals surface area (Å²) in [6.07, 6.45) is 1.73. The number of aryl methyl sites for hydroxylation is 1. The minimum absolute atomic E-state index is 0.0991. The number of hydrogen-bond acceptors (Lipinski definition) is 4. The first-order valence-corrected chi connectivity index (χ1v) is 6.50. The Balaban J connectivity index is 2.12. The second-order valence-electron chi connectivity index (χ2n) is 4.17. The molecule has 0 aliphatic rings. The van der Waals surface area contributed by atoms with Crippen molar-refractivity contribution in [1.29, 1.82) is 0 Å². The van der Waals surface area contributed by atoms with Crippen LogP contribution in [0.15, 0.2) is 24.4 Å². The maximum Gasteiger partial charge on any atom is 0.254 e. The highest BCUT2D eigenvalue weighted by Crippen LogP contribution is 2.20. The number of carbonyl (C=O) groups excluding carboxylic acids is 1. The Bertz CT molecular complexity index is 612. The van der Waals surface area contributed by atoms with Gasteiger partial charge in [0.05, 0.1) is 11.6 Å². The maximum absolute atomic E-state index is 13.5. The van der Waals surface area contributed by atoms with E-state index < -0.39 is 11.7 Å². The Kier molecular flexibility index (Phi) is 3.80. The standard InChI is InChI=1S/C13H13FN2O2S/c1-7-6-15-13(19-7)8(2)16-12(18)10-4-3-9(17)5-11(10)14/h3-6,8,17H,1-2H3,(H,16,18). The number of carbonyl (C=O) groups is 1. The minimum Gasteiger partial charge on any atom is -0.508 e. The molecule has 1 heterocycles. The molecular formula is C13H13FN2O2S. The lowest BCUT2D eigenvalue weighted by molar-refractivity contribution is 0.0935. The number of phenols is 1. The topological polar surface area (TPSA) is 62.2 Å². The fraction of sp³-hybridized carbons (Fsp3) is 0.231. The van der Waals surface area contributed by atoms with Gasteiger partial charge in [0.15, 0.2) is 0 Å². The summed E-state index contributed by atoms with van der Waals surface area (Å²) >= 11 is 1.48. The van der Waals surface area contributed by atoms with Gasteiger partial charge in [0.25, 0.3) is 5.91 Å². The van der Waals surface area contributed by atoms with Crippen LogP contribution in [0.5, 0.6) is 5.75 Å². The van der Waals surface area contributed by atoms with Gasteiger partial charge in [0, 0.05) is 17.1 Å². The molecule has 1 amide bonds. The zero-order valence-corrected chi connectivity index (χ0v) is 11.3. The summed E-state index contributed by atoms with van der Waals surface area (Å²) in [5.74, 6) is -1.49. The van der Waals surface area contributed by atoms with Crippen molar-refractivity contribution in [2.24, 2.45) is 0 Å². The van der Waals surface area contributed by atoms with Gasteiger partial charge in [-0.25, -0.2) is 9.37 Å². The zero-order valence-electron chi connectivity index (χ0n) is 10.5. The molecule has 0 aliphatic carbocycles. The number of halogens is 1. The zero-order chi connectivity index (χ0) is 14.0. The third-order valence-electron chi connectivity index (χ3n) is 2.55. The van der Waals surface area contributed by atoms with Crippen molar-refractivity contribution in [2.45, 2.75) is 19.9 Å². The number of rotatable bonds is 3. The van der Waals surface area contributed by atoms with Crippen LogP contribution in [0.2, 0.25) is 0 Å². The number of amides is 1. The summed E-state index contributed by atoms with van der Waals surface area (Å²) in [5.41, 5.74) is -0.0991. The average Bonchev–Trinajstić information content (AvgIpc) is 2.75. The predicted molar refractivity (Wildman–Crippen MR) is 70.8 cm³/mol. The molecule has 6 heteroatoms. The van der Waals surface area contributed by atoms with E-state index in [0.717, 1.165) is 16.0 Å². The number of nitrogens with one attached hydrogen (secondary N) is 1. The van der Waals surface area contributed by atoms with E-state index in [1.165, 1.54) is 23.5 Å². The van der Waals surface area contributed by atoms with Crippen molar-refractivity contribution in [2.75, 3.05) is 0 Å². The van der Waals surface area contributed by atoms with Gasteiger partial charge in [0.2, 0.25) is 0 Å². The van der Waals surface area contributed by atoms with Crippen molar-refractivity contribution in [1.82, 2.24) is 10.3 Å². The Morgan fingerprint density at radius 2 is 2.26 bits per heavy atom. The Morgan fingerprint density at radius 1 is 1.53 bits per heavy atom. The molecular weight excluding hydrogens is 267 g/mol. The fourth-order valence-electron chi connectivity index (χ4n) is 1.60. The third kappa shape index (κ3) is 3.08. The molecule has 1 aromatic heterocycles. The van der Waals surface area contributed by atoms with Crippen molar-refractivity contribution >= 4 is 17.2 Å². The van der Waals surface area contributed by atoms with Crippen LogP contribution in [0.25, 0.3) is 0 Å². The van der Waals surface area contributed by atoms with Crippen molar-refractivity contribution in [3.63, 3.8) is 0 Å². The van der Waals surface area contributed by atoms with Gasteiger partial charge in [-0.2, -0.15) is 0 Å². The van der Waals surface area contributed by atoms with Gasteiger partial charge in [-0.1, -0.05) is 0 Å². The number of thiazole rings is 1. The second kappa shape index (κ2) is 5.36. The molecule has 1 unspecified atom stereocenters. The molecule has 0 saturated heterocycles. The van der Waals surface area contributed by atoms with Crippen LogP contribution < -0.4 is 5.32 Å². The molecule has 2 N–H and O–H groups in total. The molecule has 19 heavy (non-hydrogen) atoms. The molecule has 1 atom stereocenters. The normalized spacial score (nSPS) is 12.2. The fourth-order valence-corrected chi connectivity index (χ4v) is 2.37. The van der Waals surface area contributed by atoms with Crippen LogP contribution in [-0.2, 0) is 0 Å². The molecule has 0 saturated carbocycles. The molecule has 0 radical (unpaired) electrons. The van der Waals surface area contributed by atoms with E-state index >= 15 is 0 Å². The summed E-state index contributed by atoms with van der Waals surface area (Å²) in [6, 6.07) is 3.14. The van der Waals surface area contributed by atoms with E-state index in [-0.39, 0.29) is 17.4 Å². The van der Waals surface area contributed by atoms with Gasteiger partial charge >= 0.3 is 0 Å². The monoisotopic (exact) mass is 280 g/mol. The lowest BCUT2D eigenvalue weighted by atomic mass is 10.2. The first kappa shape index (κ1) is 13.5. The molecule has 2 aromatic rings. The quantitative estimate of drug-likeness (QED) is 0.908. The summed E-state index contributed by atoms with van der Waals surface area (Å²) in [7, 11) is 0. The molecule has 4 nitrogen and oxygen atoms in total. The van der Waals surface area contributed by atoms with Crippen LogP contribution in [0.1, 0.15) is 33.2 Å². The van der Waals surface area contributed by atoms with Gasteiger partial charge in [-0.05, 0) is 26.0 Å². The van der Waals surface area contributed by atoms with Gasteiger partial charge in [-0.3, -0.25) is 4.79 Å². The predicted octanol–water partition coefficient (Wildman–Crippen LogP) is 2.79. The molecule has 1 aromatic carbocycles. The summed E-state index contributed by atoms with van der Waals surface area (Å²) in [6.45, 7) is 3.71. The van der Waals surface area contributed by atoms with E-state index in [2.05, 4.69) is 10.3 Å². The number of phenolic OH excluding ortho intramolecular Hbond substituents is 1. The third-order valence-corrected chi connectivity index (χ3v) is 3.65. The average molecular weight is 280 g/mol. The number of aromatic nitrogens is 1. The summed E-state index contributed by atoms with van der Waals surface area (Å²) < 4.78 is 13.5. The van der Waals surface area contributed by atoms with E-state index in [9.17, 15) is 9.18 Å². The molecule has 0 fully saturated rings. The molecule has 0 aliphatic heterocycles. The highest BCUT2D eigenvalue weighted by atomic mass is 32.1. The van der Waals surface area contributed by atoms with Crippen LogP contribution >= 0.6 is 11.3 Å². The Morgan fingerprint density at radius 3 is 2.84 bits per heavy atom. The van der Waals surface area contributed by atoms with Crippen molar-refractivity contribution in [3.05, 3.63) is 45.7 Å². The molecule has 2 rings (SSSR count). The van der Waals surface area contributed by atoms with Crippen molar-refractivity contribution in [3.8, 4) is 5.75 Å². The van der Waals surface area contributed by atoms with E-state index in [1.807, 2.05) is 6.92 Å². The van der Waals surface area contributed by atoms with E-state index in [4.69, 9.17) is 5.11 Å². The first-order valence-electron chi connectivity index (χ1n) is 5.69. The Labute approximate surface area is 113 Å². The highest BCUT2D eigenvalue weighted by Gasteiger charge is 2.17. The van der Waals surface area contributed by atoms with Gasteiger partial charge in [0.1, 0.15) is 16.6 Å². The van der Waals surface area contributed by atoms with Crippen LogP contribution in [0, 0.1) is 12.7 Å².